The first-order valence-electron chi connectivity index (χ1n) is 40.0. The lowest BCUT2D eigenvalue weighted by Crippen LogP contribution is -2.14. The lowest BCUT2D eigenvalue weighted by atomic mass is 10.1. The third-order valence-corrected chi connectivity index (χ3v) is 16.8. The van der Waals surface area contributed by atoms with Crippen molar-refractivity contribution in [2.45, 2.75) is 0 Å². The molecule has 7 aromatic rings. The van der Waals surface area contributed by atoms with Crippen molar-refractivity contribution in [3.8, 4) is 91.5 Å². The Labute approximate surface area is 693 Å². The zero-order chi connectivity index (χ0) is 84.1. The Morgan fingerprint density at radius 2 is 0.300 bits per heavy atom. The van der Waals surface area contributed by atoms with Crippen molar-refractivity contribution in [1.82, 2.24) is 39.9 Å². The number of nitrogens with one attached hydrogen (secondary N) is 2. The second-order valence-electron chi connectivity index (χ2n) is 25.4. The van der Waals surface area contributed by atoms with E-state index in [1.165, 1.54) is 0 Å². The van der Waals surface area contributed by atoms with Crippen LogP contribution in [-0.2, 0) is 75.8 Å². The zero-order valence-corrected chi connectivity index (χ0v) is 67.6. The van der Waals surface area contributed by atoms with E-state index in [1.807, 2.05) is 0 Å². The summed E-state index contributed by atoms with van der Waals surface area (Å²) >= 11 is 0. The van der Waals surface area contributed by atoms with Gasteiger partial charge in [0.05, 0.1) is 264 Å². The quantitative estimate of drug-likeness (QED) is 0.0244. The molecule has 3 aromatic heterocycles. The van der Waals surface area contributed by atoms with Crippen LogP contribution in [0.5, 0.6) is 46.0 Å². The van der Waals surface area contributed by atoms with E-state index in [0.29, 0.717) is 43.8 Å². The number of ether oxygens (including phenoxy) is 24. The second-order valence-corrected chi connectivity index (χ2v) is 25.4. The molecule has 0 atom stereocenters. The summed E-state index contributed by atoms with van der Waals surface area (Å²) in [5.74, 6) is 2.81. The van der Waals surface area contributed by atoms with Gasteiger partial charge in [0.2, 0.25) is 0 Å². The van der Waals surface area contributed by atoms with E-state index in [2.05, 4.69) is 9.97 Å². The van der Waals surface area contributed by atoms with E-state index in [9.17, 15) is 40.9 Å². The minimum absolute atomic E-state index is 0.0459. The fourth-order valence-electron chi connectivity index (χ4n) is 11.5. The summed E-state index contributed by atoms with van der Waals surface area (Å²) in [6.07, 6.45) is 0. The van der Waals surface area contributed by atoms with Crippen molar-refractivity contribution in [3.05, 3.63) is 48.5 Å². The van der Waals surface area contributed by atoms with Crippen LogP contribution in [-0.4, -0.2) is 398 Å². The summed E-state index contributed by atoms with van der Waals surface area (Å²) in [7, 11) is 0. The lowest BCUT2D eigenvalue weighted by molar-refractivity contribution is 0.0223. The smallest absolute Gasteiger partial charge is 0.164 e. The SMILES string of the molecule is OCCOCCOCCOc1cc2c(cc1OCCOCCOCCO)-c1nc-2nc2[nH]c(nc3nc(nc4[nH]c(n1)c1cc(OCCOCCOCCO)c(OCCOCCOCCO)cc41)-c1cc(OCCOCCOCCO)c(OCCOCCOCCO)cc1-3)c1cc(OCCOCCOCCO)c(OCCOCCOCCO)cc21. The summed E-state index contributed by atoms with van der Waals surface area (Å²) in [4.78, 5) is 39.2. The highest BCUT2D eigenvalue weighted by Gasteiger charge is 2.29. The molecule has 0 spiro atoms. The van der Waals surface area contributed by atoms with Crippen LogP contribution in [0.3, 0.4) is 0 Å². The van der Waals surface area contributed by atoms with E-state index in [1.54, 1.807) is 48.5 Å². The van der Waals surface area contributed by atoms with Gasteiger partial charge in [0.1, 0.15) is 75.4 Å². The molecule has 0 saturated heterocycles. The number of aromatic nitrogens is 8. The maximum absolute atomic E-state index is 9.29. The number of aliphatic hydroxyl groups excluding tert-OH is 8. The van der Waals surface area contributed by atoms with Gasteiger partial charge >= 0.3 is 0 Å². The predicted octanol–water partition coefficient (Wildman–Crippen LogP) is 2.10. The van der Waals surface area contributed by atoms with Crippen LogP contribution in [0.25, 0.3) is 89.7 Å². The van der Waals surface area contributed by atoms with Crippen LogP contribution in [0.2, 0.25) is 0 Å². The van der Waals surface area contributed by atoms with Gasteiger partial charge in [0, 0.05) is 43.8 Å². The molecule has 8 bridgehead atoms. The van der Waals surface area contributed by atoms with Crippen molar-refractivity contribution < 1.29 is 155 Å². The minimum Gasteiger partial charge on any atom is -0.487 e. The molecule has 0 radical (unpaired) electrons. The Kier molecular flexibility index (Phi) is 46.1. The summed E-state index contributed by atoms with van der Waals surface area (Å²) in [5.41, 5.74) is 2.69. The largest absolute Gasteiger partial charge is 0.487 e. The molecular weight excluding hydrogens is 1580 g/mol. The van der Waals surface area contributed by atoms with E-state index in [0.717, 1.165) is 0 Å². The van der Waals surface area contributed by atoms with Crippen molar-refractivity contribution >= 4 is 44.1 Å². The molecule has 0 aliphatic carbocycles. The van der Waals surface area contributed by atoms with E-state index >= 15 is 0 Å². The van der Waals surface area contributed by atoms with Crippen LogP contribution in [0.4, 0.5) is 0 Å². The Hall–Kier alpha value is -8.32. The molecule has 4 aromatic carbocycles. The number of hydrogen-bond acceptors (Lipinski definition) is 38. The first-order valence-corrected chi connectivity index (χ1v) is 40.0. The van der Waals surface area contributed by atoms with E-state index in [4.69, 9.17) is 144 Å². The van der Waals surface area contributed by atoms with Gasteiger partial charge < -0.3 is 165 Å². The maximum atomic E-state index is 9.29. The fraction of sp³-hybridized carbons (Fsp3) is 0.600. The molecule has 40 heteroatoms. The number of fused-ring (bicyclic) bond motifs is 20. The first-order chi connectivity index (χ1) is 59.3. The van der Waals surface area contributed by atoms with Crippen molar-refractivity contribution in [2.24, 2.45) is 0 Å². The molecule has 2 aliphatic heterocycles. The Morgan fingerprint density at radius 3 is 0.450 bits per heavy atom. The van der Waals surface area contributed by atoms with Crippen LogP contribution < -0.4 is 37.9 Å². The third kappa shape index (κ3) is 32.5. The fourth-order valence-corrected chi connectivity index (χ4v) is 11.5. The highest BCUT2D eigenvalue weighted by Crippen LogP contribution is 2.46. The van der Waals surface area contributed by atoms with Crippen LogP contribution in [0, 0.1) is 0 Å². The van der Waals surface area contributed by atoms with Gasteiger partial charge in [-0.15, -0.1) is 0 Å². The number of benzene rings is 4. The normalized spacial score (nSPS) is 11.8. The van der Waals surface area contributed by atoms with Gasteiger partial charge in [0.25, 0.3) is 0 Å². The van der Waals surface area contributed by atoms with Gasteiger partial charge in [-0.2, -0.15) is 0 Å². The number of nitrogens with zero attached hydrogens (tertiary/aromatic N) is 6. The van der Waals surface area contributed by atoms with Gasteiger partial charge in [-0.3, -0.25) is 0 Å². The van der Waals surface area contributed by atoms with Gasteiger partial charge in [-0.05, 0) is 48.5 Å². The molecular formula is C80H114N8O32. The molecule has 0 saturated carbocycles. The topological polar surface area (TPSA) is 492 Å². The summed E-state index contributed by atoms with van der Waals surface area (Å²) in [6, 6.07) is 14.1. The van der Waals surface area contributed by atoms with Crippen molar-refractivity contribution in [1.29, 1.82) is 0 Å². The summed E-state index contributed by atoms with van der Waals surface area (Å²) in [6.45, 7) is 5.37. The molecule has 0 amide bonds. The molecule has 2 aliphatic rings. The molecule has 9 rings (SSSR count). The Bertz CT molecular complexity index is 3690. The predicted molar refractivity (Wildman–Crippen MR) is 430 cm³/mol. The second kappa shape index (κ2) is 57.9. The van der Waals surface area contributed by atoms with E-state index in [-0.39, 0.29) is 409 Å². The average Bonchev–Trinajstić information content (AvgIpc) is 1.59. The number of aliphatic hydroxyl groups is 8. The van der Waals surface area contributed by atoms with Crippen molar-refractivity contribution in [2.75, 3.05) is 317 Å². The maximum Gasteiger partial charge on any atom is 0.164 e. The lowest BCUT2D eigenvalue weighted by Gasteiger charge is -2.15. The number of H-pyrrole nitrogens is 2. The van der Waals surface area contributed by atoms with Crippen LogP contribution >= 0.6 is 0 Å². The zero-order valence-electron chi connectivity index (χ0n) is 67.6. The highest BCUT2D eigenvalue weighted by molar-refractivity contribution is 6.08. The molecule has 10 N–H and O–H groups in total. The summed E-state index contributed by atoms with van der Waals surface area (Å²) in [5, 5.41) is 76.2. The molecule has 0 unspecified atom stereocenters. The number of rotatable bonds is 72. The van der Waals surface area contributed by atoms with Crippen LogP contribution in [0.1, 0.15) is 0 Å². The standard InChI is InChI=1S/C80H114N8O32/c89-1-9-97-17-25-105-33-41-113-65-49-57-58(50-66(65)114-42-34-106-26-18-98-10-2-90)74-81-73(57)85-75-59-51-67(115-43-35-107-27-19-99-11-3-91)68(116-44-36-108-28-20-100-12-4-92)52-60(59)77(82-75)87-79-63-55-71(119-47-39-111-31-23-103-15-7-95)72(120-48-40-112-32-24-104-16-8-96)56-64(63)80(84-79)88-78-62-54-70(118-46-38-110-30-22-102-14-6-94)69(53-61(62)76(83-78)86-74)117-45-37-109-29-21-101-13-5-93/h49-56,89-96H,1-48H2,(H2,81,82,83,84,85,86,87,88). The van der Waals surface area contributed by atoms with Gasteiger partial charge in [0.15, 0.2) is 69.3 Å². The first kappa shape index (κ1) is 95.5. The minimum atomic E-state index is -0.135. The Morgan fingerprint density at radius 1 is 0.167 bits per heavy atom. The summed E-state index contributed by atoms with van der Waals surface area (Å²) < 4.78 is 143. The number of aromatic amines is 2. The molecule has 120 heavy (non-hydrogen) atoms. The average molecular weight is 1700 g/mol. The van der Waals surface area contributed by atoms with Gasteiger partial charge in [-0.1, -0.05) is 0 Å². The van der Waals surface area contributed by atoms with Gasteiger partial charge in [-0.25, -0.2) is 29.9 Å². The number of hydrogen-bond donors (Lipinski definition) is 10. The Balaban J connectivity index is 1.30. The molecule has 40 nitrogen and oxygen atoms in total. The third-order valence-electron chi connectivity index (χ3n) is 16.8. The monoisotopic (exact) mass is 1700 g/mol. The van der Waals surface area contributed by atoms with Crippen molar-refractivity contribution in [3.63, 3.8) is 0 Å². The molecule has 0 fully saturated rings. The van der Waals surface area contributed by atoms with E-state index < -0.39 is 0 Å². The highest BCUT2D eigenvalue weighted by atomic mass is 16.6. The molecule has 666 valence electrons. The van der Waals surface area contributed by atoms with Crippen LogP contribution in [0.15, 0.2) is 48.5 Å². The molecule has 5 heterocycles.